The van der Waals surface area contributed by atoms with Gasteiger partial charge in [-0.25, -0.2) is 12.8 Å². The number of aryl methyl sites for hydroxylation is 2. The van der Waals surface area contributed by atoms with Crippen LogP contribution in [0, 0.1) is 13.8 Å². The van der Waals surface area contributed by atoms with E-state index in [9.17, 15) is 9.50 Å². The van der Waals surface area contributed by atoms with E-state index in [1.54, 1.807) is 0 Å². The third-order valence-corrected chi connectivity index (χ3v) is 5.95. The molecule has 1 aliphatic heterocycles. The molecule has 0 aliphatic carbocycles. The van der Waals surface area contributed by atoms with Crippen molar-refractivity contribution in [1.82, 2.24) is 0 Å². The van der Waals surface area contributed by atoms with Gasteiger partial charge < -0.3 is 9.66 Å². The molecule has 4 nitrogen and oxygen atoms in total. The Bertz CT molecular complexity index is 543. The minimum Gasteiger partial charge on any atom is -0.746 e. The van der Waals surface area contributed by atoms with E-state index in [2.05, 4.69) is 12.1 Å². The Morgan fingerprint density at radius 2 is 1.62 bits per heavy atom. The summed E-state index contributed by atoms with van der Waals surface area (Å²) in [4.78, 5) is 1.46. The van der Waals surface area contributed by atoms with Crippen LogP contribution in [0.1, 0.15) is 30.4 Å². The maximum absolute atomic E-state index is 10.6. The van der Waals surface area contributed by atoms with Crippen molar-refractivity contribution >= 4 is 21.0 Å². The van der Waals surface area contributed by atoms with Gasteiger partial charge in [0, 0.05) is 10.9 Å². The fraction of sp³-hybridized carbons (Fsp3) is 0.571. The largest absolute Gasteiger partial charge is 0.746 e. The summed E-state index contributed by atoms with van der Waals surface area (Å²) in [5, 5.41) is 9.73. The van der Waals surface area contributed by atoms with Crippen LogP contribution in [0.2, 0.25) is 0 Å². The summed E-state index contributed by atoms with van der Waals surface area (Å²) in [6.45, 7) is 4.00. The Morgan fingerprint density at radius 1 is 1.19 bits per heavy atom. The molecule has 0 atom stereocenters. The average Bonchev–Trinajstić information content (AvgIpc) is 2.45. The Kier molecular flexibility index (Phi) is 6.96. The maximum atomic E-state index is 10.6. The van der Waals surface area contributed by atoms with Crippen LogP contribution in [0.25, 0.3) is 0 Å². The summed E-state index contributed by atoms with van der Waals surface area (Å²) < 4.78 is 37.8. The average molecular weight is 336 g/mol. The summed E-state index contributed by atoms with van der Waals surface area (Å²) in [6.07, 6.45) is 4.16. The van der Waals surface area contributed by atoms with Gasteiger partial charge in [0.05, 0.1) is 0 Å². The van der Waals surface area contributed by atoms with Crippen LogP contribution in [0.4, 0.5) is 4.39 Å². The van der Waals surface area contributed by atoms with Crippen LogP contribution in [0.15, 0.2) is 17.0 Å². The highest BCUT2D eigenvalue weighted by molar-refractivity contribution is 7.96. The summed E-state index contributed by atoms with van der Waals surface area (Å²) in [5.74, 6) is 3.17. The van der Waals surface area contributed by atoms with Crippen molar-refractivity contribution in [2.24, 2.45) is 0 Å². The number of phenolic OH excluding ortho intramolecular Hbond substituents is 1. The van der Waals surface area contributed by atoms with E-state index < -0.39 is 16.1 Å². The third-order valence-electron chi connectivity index (χ3n) is 3.21. The molecule has 0 aromatic heterocycles. The molecule has 0 spiro atoms. The van der Waals surface area contributed by atoms with Crippen LogP contribution < -0.4 is 0 Å². The first kappa shape index (κ1) is 18.3. The Balaban J connectivity index is 0.000000315. The fourth-order valence-electron chi connectivity index (χ4n) is 2.15. The molecule has 2 rings (SSSR count). The minimum absolute atomic E-state index is 0.452. The molecule has 120 valence electrons. The van der Waals surface area contributed by atoms with Gasteiger partial charge in [-0.05, 0) is 56.4 Å². The van der Waals surface area contributed by atoms with Crippen LogP contribution in [0.3, 0.4) is 0 Å². The number of halogens is 1. The lowest BCUT2D eigenvalue weighted by Gasteiger charge is -2.14. The molecule has 0 saturated carbocycles. The van der Waals surface area contributed by atoms with Gasteiger partial charge in [-0.2, -0.15) is 0 Å². The van der Waals surface area contributed by atoms with Crippen molar-refractivity contribution < 1.29 is 22.5 Å². The summed E-state index contributed by atoms with van der Waals surface area (Å²) in [6, 6.07) is 2.54. The highest BCUT2D eigenvalue weighted by atomic mass is 32.2. The monoisotopic (exact) mass is 336 g/mol. The van der Waals surface area contributed by atoms with E-state index >= 15 is 0 Å². The quantitative estimate of drug-likeness (QED) is 0.665. The highest BCUT2D eigenvalue weighted by Gasteiger charge is 2.25. The second-order valence-electron chi connectivity index (χ2n) is 5.03. The van der Waals surface area contributed by atoms with Gasteiger partial charge in [-0.3, -0.25) is 0 Å². The first-order valence-electron chi connectivity index (χ1n) is 6.72. The summed E-state index contributed by atoms with van der Waals surface area (Å²) >= 11 is 0. The Hall–Kier alpha value is -0.790. The number of hydrogen-bond donors (Lipinski definition) is 1. The van der Waals surface area contributed by atoms with Gasteiger partial charge in [0.15, 0.2) is 10.9 Å². The van der Waals surface area contributed by atoms with E-state index in [4.69, 9.17) is 13.0 Å². The van der Waals surface area contributed by atoms with E-state index in [0.717, 1.165) is 11.1 Å². The fourth-order valence-corrected chi connectivity index (χ4v) is 4.62. The zero-order valence-electron chi connectivity index (χ0n) is 12.3. The molecule has 21 heavy (non-hydrogen) atoms. The molecule has 0 unspecified atom stereocenters. The van der Waals surface area contributed by atoms with Gasteiger partial charge >= 0.3 is 0 Å². The molecule has 1 aliphatic rings. The van der Waals surface area contributed by atoms with Crippen LogP contribution in [0.5, 0.6) is 5.75 Å². The van der Waals surface area contributed by atoms with Crippen LogP contribution >= 0.6 is 0 Å². The topological polar surface area (TPSA) is 77.4 Å². The number of alkyl halides is 1. The predicted molar refractivity (Wildman–Crippen MR) is 82.5 cm³/mol. The number of aromatic hydroxyl groups is 1. The molecule has 0 amide bonds. The molecule has 0 radical (unpaired) electrons. The van der Waals surface area contributed by atoms with Gasteiger partial charge in [0.1, 0.15) is 27.4 Å². The van der Waals surface area contributed by atoms with E-state index in [0.29, 0.717) is 16.6 Å². The van der Waals surface area contributed by atoms with E-state index in [1.807, 2.05) is 13.8 Å². The molecule has 1 fully saturated rings. The second kappa shape index (κ2) is 8.00. The van der Waals surface area contributed by atoms with Gasteiger partial charge in [0.2, 0.25) is 0 Å². The Labute approximate surface area is 128 Å². The number of rotatable bonds is 2. The molecule has 1 aromatic carbocycles. The lowest BCUT2D eigenvalue weighted by atomic mass is 10.1. The standard InChI is InChI=1S/C13H18OS.CH3FO3S/c1-10-8-12(9-11(2)13(10)14)15-6-4-3-5-7-15;2-1-6(3,4)5/h8-9H,3-7H2,1-2H3;1H2,(H,3,4,5). The van der Waals surface area contributed by atoms with E-state index in [-0.39, 0.29) is 0 Å². The molecule has 1 heterocycles. The SMILES string of the molecule is Cc1cc([S+]2CCCCC2)cc(C)c1O.O=S(=O)([O-])CF. The molecule has 1 N–H and O–H groups in total. The van der Waals surface area contributed by atoms with Crippen molar-refractivity contribution in [3.05, 3.63) is 23.3 Å². The zero-order valence-corrected chi connectivity index (χ0v) is 13.9. The van der Waals surface area contributed by atoms with Crippen molar-refractivity contribution in [3.8, 4) is 5.75 Å². The normalized spacial score (nSPS) is 16.2. The number of benzene rings is 1. The molecule has 7 heteroatoms. The Morgan fingerprint density at radius 3 is 2.00 bits per heavy atom. The van der Waals surface area contributed by atoms with E-state index in [1.165, 1.54) is 35.7 Å². The first-order chi connectivity index (χ1) is 9.74. The molecule has 1 aromatic rings. The zero-order chi connectivity index (χ0) is 16.0. The molecule has 1 saturated heterocycles. The van der Waals surface area contributed by atoms with Crippen molar-refractivity contribution in [2.45, 2.75) is 38.0 Å². The predicted octanol–water partition coefficient (Wildman–Crippen LogP) is 2.63. The number of phenols is 1. The second-order valence-corrected chi connectivity index (χ2v) is 8.64. The van der Waals surface area contributed by atoms with Crippen molar-refractivity contribution in [3.63, 3.8) is 0 Å². The smallest absolute Gasteiger partial charge is 0.179 e. The summed E-state index contributed by atoms with van der Waals surface area (Å²) in [7, 11) is -4.13. The molecule has 0 bridgehead atoms. The highest BCUT2D eigenvalue weighted by Crippen LogP contribution is 2.29. The van der Waals surface area contributed by atoms with Crippen molar-refractivity contribution in [2.75, 3.05) is 17.5 Å². The molecular formula is C14H21FO4S2. The molecular weight excluding hydrogens is 315 g/mol. The van der Waals surface area contributed by atoms with Crippen LogP contribution in [-0.4, -0.2) is 35.6 Å². The lowest BCUT2D eigenvalue weighted by molar-refractivity contribution is 0.431. The number of hydrogen-bond acceptors (Lipinski definition) is 4. The lowest BCUT2D eigenvalue weighted by Crippen LogP contribution is -2.17. The van der Waals surface area contributed by atoms with Gasteiger partial charge in [-0.15, -0.1) is 0 Å². The van der Waals surface area contributed by atoms with Crippen molar-refractivity contribution in [1.29, 1.82) is 0 Å². The van der Waals surface area contributed by atoms with Crippen LogP contribution in [-0.2, 0) is 21.0 Å². The summed E-state index contributed by atoms with van der Waals surface area (Å²) in [5.41, 5.74) is 2.06. The van der Waals surface area contributed by atoms with Gasteiger partial charge in [-0.1, -0.05) is 0 Å². The van der Waals surface area contributed by atoms with Gasteiger partial charge in [0.25, 0.3) is 0 Å². The minimum atomic E-state index is -4.58. The third kappa shape index (κ3) is 6.23. The maximum Gasteiger partial charge on any atom is 0.179 e. The first-order valence-corrected chi connectivity index (χ1v) is 9.86.